The van der Waals surface area contributed by atoms with E-state index < -0.39 is 4.92 Å². The number of nitrogens with one attached hydrogen (secondary N) is 1. The van der Waals surface area contributed by atoms with E-state index in [1.807, 2.05) is 13.8 Å². The predicted octanol–water partition coefficient (Wildman–Crippen LogP) is 1.37. The van der Waals surface area contributed by atoms with E-state index in [0.717, 1.165) is 11.3 Å². The van der Waals surface area contributed by atoms with Gasteiger partial charge in [0.2, 0.25) is 0 Å². The van der Waals surface area contributed by atoms with Gasteiger partial charge in [-0.1, -0.05) is 25.2 Å². The topological polar surface area (TPSA) is 98.3 Å². The van der Waals surface area contributed by atoms with Crippen LogP contribution < -0.4 is 11.1 Å². The van der Waals surface area contributed by atoms with Crippen LogP contribution in [-0.2, 0) is 0 Å². The minimum Gasteiger partial charge on any atom is -0.347 e. The lowest BCUT2D eigenvalue weighted by atomic mass is 10.0. The summed E-state index contributed by atoms with van der Waals surface area (Å²) in [6, 6.07) is 2.65. The molecule has 1 amide bonds. The van der Waals surface area contributed by atoms with Gasteiger partial charge in [0.15, 0.2) is 0 Å². The third kappa shape index (κ3) is 3.50. The second-order valence-corrected chi connectivity index (χ2v) is 5.02. The van der Waals surface area contributed by atoms with Crippen LogP contribution in [0.25, 0.3) is 0 Å². The lowest BCUT2D eigenvalue weighted by Gasteiger charge is -2.19. The zero-order valence-electron chi connectivity index (χ0n) is 9.67. The molecule has 1 unspecified atom stereocenters. The summed E-state index contributed by atoms with van der Waals surface area (Å²) < 4.78 is 0. The lowest BCUT2D eigenvalue weighted by molar-refractivity contribution is -0.380. The van der Waals surface area contributed by atoms with Gasteiger partial charge in [-0.3, -0.25) is 14.9 Å². The summed E-state index contributed by atoms with van der Waals surface area (Å²) in [5, 5.41) is 13.2. The van der Waals surface area contributed by atoms with Gasteiger partial charge in [0, 0.05) is 18.7 Å². The van der Waals surface area contributed by atoms with E-state index in [-0.39, 0.29) is 22.9 Å². The van der Waals surface area contributed by atoms with E-state index in [9.17, 15) is 14.9 Å². The Morgan fingerprint density at radius 2 is 2.24 bits per heavy atom. The SMILES string of the molecule is CC(C)C(CN)NC(=O)c1ccc([N+](=O)[O-])s1. The Balaban J connectivity index is 2.72. The Morgan fingerprint density at radius 3 is 2.65 bits per heavy atom. The van der Waals surface area contributed by atoms with Crippen LogP contribution in [0, 0.1) is 16.0 Å². The number of thiophene rings is 1. The van der Waals surface area contributed by atoms with E-state index in [2.05, 4.69) is 5.32 Å². The molecule has 0 aliphatic heterocycles. The first-order valence-corrected chi connectivity index (χ1v) is 6.02. The first-order valence-electron chi connectivity index (χ1n) is 5.21. The van der Waals surface area contributed by atoms with E-state index in [1.54, 1.807) is 0 Å². The van der Waals surface area contributed by atoms with Crippen LogP contribution in [0.2, 0.25) is 0 Å². The second-order valence-electron chi connectivity index (χ2n) is 3.95. The van der Waals surface area contributed by atoms with E-state index in [1.165, 1.54) is 12.1 Å². The van der Waals surface area contributed by atoms with Gasteiger partial charge >= 0.3 is 5.00 Å². The highest BCUT2D eigenvalue weighted by Crippen LogP contribution is 2.23. The number of nitrogens with zero attached hydrogens (tertiary/aromatic N) is 1. The molecule has 0 spiro atoms. The largest absolute Gasteiger partial charge is 0.347 e. The van der Waals surface area contributed by atoms with Crippen molar-refractivity contribution in [3.63, 3.8) is 0 Å². The van der Waals surface area contributed by atoms with Crippen LogP contribution in [0.15, 0.2) is 12.1 Å². The predicted molar refractivity (Wildman–Crippen MR) is 66.1 cm³/mol. The number of hydrogen-bond donors (Lipinski definition) is 2. The summed E-state index contributed by atoms with van der Waals surface area (Å²) in [5.41, 5.74) is 5.53. The van der Waals surface area contributed by atoms with Gasteiger partial charge in [0.1, 0.15) is 0 Å². The summed E-state index contributed by atoms with van der Waals surface area (Å²) in [6.45, 7) is 4.25. The molecule has 7 heteroatoms. The van der Waals surface area contributed by atoms with Crippen LogP contribution in [0.5, 0.6) is 0 Å². The number of hydrogen-bond acceptors (Lipinski definition) is 5. The molecule has 1 atom stereocenters. The monoisotopic (exact) mass is 257 g/mol. The zero-order chi connectivity index (χ0) is 13.0. The fraction of sp³-hybridized carbons (Fsp3) is 0.500. The number of rotatable bonds is 5. The van der Waals surface area contributed by atoms with Gasteiger partial charge in [-0.05, 0) is 12.0 Å². The normalized spacial score (nSPS) is 12.5. The van der Waals surface area contributed by atoms with Gasteiger partial charge in [-0.25, -0.2) is 0 Å². The Hall–Kier alpha value is -1.47. The standard InChI is InChI=1S/C10H15N3O3S/c1-6(2)7(5-11)12-10(14)8-3-4-9(17-8)13(15)16/h3-4,6-7H,5,11H2,1-2H3,(H,12,14). The molecule has 0 saturated heterocycles. The van der Waals surface area contributed by atoms with Crippen molar-refractivity contribution in [2.45, 2.75) is 19.9 Å². The van der Waals surface area contributed by atoms with Crippen molar-refractivity contribution in [3.8, 4) is 0 Å². The van der Waals surface area contributed by atoms with Gasteiger partial charge < -0.3 is 11.1 Å². The third-order valence-electron chi connectivity index (χ3n) is 2.37. The third-order valence-corrected chi connectivity index (χ3v) is 3.41. The summed E-state index contributed by atoms with van der Waals surface area (Å²) in [6.07, 6.45) is 0. The molecule has 1 rings (SSSR count). The summed E-state index contributed by atoms with van der Waals surface area (Å²) in [7, 11) is 0. The molecule has 0 aliphatic rings. The average Bonchev–Trinajstić information content (AvgIpc) is 2.74. The van der Waals surface area contributed by atoms with Gasteiger partial charge in [0.25, 0.3) is 5.91 Å². The maximum atomic E-state index is 11.8. The molecule has 0 bridgehead atoms. The van der Waals surface area contributed by atoms with Crippen molar-refractivity contribution < 1.29 is 9.72 Å². The maximum absolute atomic E-state index is 11.8. The summed E-state index contributed by atoms with van der Waals surface area (Å²) in [4.78, 5) is 22.1. The number of carbonyl (C=O) groups is 1. The van der Waals surface area contributed by atoms with E-state index in [0.29, 0.717) is 11.4 Å². The van der Waals surface area contributed by atoms with Crippen molar-refractivity contribution in [2.75, 3.05) is 6.54 Å². The fourth-order valence-electron chi connectivity index (χ4n) is 1.29. The van der Waals surface area contributed by atoms with Gasteiger partial charge in [0.05, 0.1) is 9.80 Å². The molecule has 17 heavy (non-hydrogen) atoms. The number of nitro groups is 1. The molecule has 94 valence electrons. The number of carbonyl (C=O) groups excluding carboxylic acids is 1. The molecule has 1 aromatic rings. The minimum absolute atomic E-state index is 0.0380. The van der Waals surface area contributed by atoms with Crippen LogP contribution in [0.1, 0.15) is 23.5 Å². The van der Waals surface area contributed by atoms with Crippen LogP contribution in [0.4, 0.5) is 5.00 Å². The lowest BCUT2D eigenvalue weighted by Crippen LogP contribution is -2.43. The van der Waals surface area contributed by atoms with Crippen molar-refractivity contribution in [2.24, 2.45) is 11.7 Å². The Bertz CT molecular complexity index is 417. The molecular formula is C10H15N3O3S. The fourth-order valence-corrected chi connectivity index (χ4v) is 2.01. The van der Waals surface area contributed by atoms with Crippen LogP contribution in [-0.4, -0.2) is 23.4 Å². The quantitative estimate of drug-likeness (QED) is 0.614. The maximum Gasteiger partial charge on any atom is 0.324 e. The Labute approximate surface area is 103 Å². The highest BCUT2D eigenvalue weighted by molar-refractivity contribution is 7.17. The molecule has 3 N–H and O–H groups in total. The molecule has 0 aromatic carbocycles. The molecule has 6 nitrogen and oxygen atoms in total. The summed E-state index contributed by atoms with van der Waals surface area (Å²) >= 11 is 0.861. The minimum atomic E-state index is -0.510. The van der Waals surface area contributed by atoms with E-state index in [4.69, 9.17) is 5.73 Å². The van der Waals surface area contributed by atoms with Gasteiger partial charge in [-0.2, -0.15) is 0 Å². The highest BCUT2D eigenvalue weighted by atomic mass is 32.1. The molecular weight excluding hydrogens is 242 g/mol. The van der Waals surface area contributed by atoms with Crippen molar-refractivity contribution in [3.05, 3.63) is 27.1 Å². The van der Waals surface area contributed by atoms with Crippen LogP contribution >= 0.6 is 11.3 Å². The molecule has 1 heterocycles. The molecule has 0 fully saturated rings. The van der Waals surface area contributed by atoms with Crippen molar-refractivity contribution in [1.29, 1.82) is 0 Å². The van der Waals surface area contributed by atoms with E-state index >= 15 is 0 Å². The molecule has 1 aromatic heterocycles. The number of nitrogens with two attached hydrogens (primary N) is 1. The first kappa shape index (κ1) is 13.6. The van der Waals surface area contributed by atoms with Crippen molar-refractivity contribution in [1.82, 2.24) is 5.32 Å². The first-order chi connectivity index (χ1) is 7.95. The zero-order valence-corrected chi connectivity index (χ0v) is 10.5. The van der Waals surface area contributed by atoms with Gasteiger partial charge in [-0.15, -0.1) is 0 Å². The Morgan fingerprint density at radius 1 is 1.59 bits per heavy atom. The molecule has 0 saturated carbocycles. The summed E-state index contributed by atoms with van der Waals surface area (Å²) in [5.74, 6) is -0.0915. The Kier molecular flexibility index (Phi) is 4.59. The smallest absolute Gasteiger partial charge is 0.324 e. The number of amides is 1. The average molecular weight is 257 g/mol. The molecule has 0 aliphatic carbocycles. The van der Waals surface area contributed by atoms with Crippen molar-refractivity contribution >= 4 is 22.2 Å². The highest BCUT2D eigenvalue weighted by Gasteiger charge is 2.19. The van der Waals surface area contributed by atoms with Crippen LogP contribution in [0.3, 0.4) is 0 Å². The molecule has 0 radical (unpaired) electrons. The second kappa shape index (κ2) is 5.74.